The number of nitrogens with two attached hydrogens (primary N) is 1. The van der Waals surface area contributed by atoms with Crippen LogP contribution in [0.3, 0.4) is 0 Å². The van der Waals surface area contributed by atoms with Gasteiger partial charge in [-0.15, -0.1) is 0 Å². The van der Waals surface area contributed by atoms with Crippen molar-refractivity contribution < 1.29 is 4.84 Å². The van der Waals surface area contributed by atoms with Crippen molar-refractivity contribution in [3.63, 3.8) is 0 Å². The lowest BCUT2D eigenvalue weighted by Gasteiger charge is -2.04. The minimum Gasteiger partial charge on any atom is -0.399 e. The van der Waals surface area contributed by atoms with Crippen LogP contribution in [0.25, 0.3) is 0 Å². The van der Waals surface area contributed by atoms with E-state index in [2.05, 4.69) is 5.16 Å². The molecule has 1 aromatic carbocycles. The van der Waals surface area contributed by atoms with Crippen LogP contribution in [0.1, 0.15) is 25.0 Å². The number of hydrogen-bond acceptors (Lipinski definition) is 3. The zero-order valence-electron chi connectivity index (χ0n) is 10.0. The molecule has 0 bridgehead atoms. The molecule has 86 valence electrons. The largest absolute Gasteiger partial charge is 0.399 e. The maximum Gasteiger partial charge on any atom is 0.135 e. The molecule has 0 aliphatic heterocycles. The van der Waals surface area contributed by atoms with Gasteiger partial charge in [-0.05, 0) is 50.1 Å². The standard InChI is InChI=1S/C13H18N2O/c1-4-5-8-16-15-11(3)12-6-7-13(14)10(2)9-12/h4-7,9H,8,14H2,1-3H3/b5-4+,15-11+. The average Bonchev–Trinajstić information content (AvgIpc) is 2.28. The summed E-state index contributed by atoms with van der Waals surface area (Å²) in [5.41, 5.74) is 9.49. The van der Waals surface area contributed by atoms with Crippen LogP contribution >= 0.6 is 0 Å². The van der Waals surface area contributed by atoms with Crippen molar-refractivity contribution >= 4 is 11.4 Å². The molecule has 0 saturated carbocycles. The molecule has 0 aromatic heterocycles. The van der Waals surface area contributed by atoms with Gasteiger partial charge in [-0.2, -0.15) is 0 Å². The summed E-state index contributed by atoms with van der Waals surface area (Å²) >= 11 is 0. The highest BCUT2D eigenvalue weighted by atomic mass is 16.6. The van der Waals surface area contributed by atoms with E-state index in [0.29, 0.717) is 6.61 Å². The van der Waals surface area contributed by atoms with Gasteiger partial charge >= 0.3 is 0 Å². The van der Waals surface area contributed by atoms with Crippen LogP contribution < -0.4 is 5.73 Å². The molecule has 0 aliphatic carbocycles. The molecule has 0 aliphatic rings. The van der Waals surface area contributed by atoms with E-state index in [-0.39, 0.29) is 0 Å². The Morgan fingerprint density at radius 1 is 1.50 bits per heavy atom. The van der Waals surface area contributed by atoms with Crippen LogP contribution in [0.2, 0.25) is 0 Å². The van der Waals surface area contributed by atoms with Gasteiger partial charge in [0.1, 0.15) is 6.61 Å². The minimum atomic E-state index is 0.502. The zero-order valence-corrected chi connectivity index (χ0v) is 10.0. The molecule has 2 N–H and O–H groups in total. The first-order valence-corrected chi connectivity index (χ1v) is 5.29. The molecular weight excluding hydrogens is 200 g/mol. The fourth-order valence-electron chi connectivity index (χ4n) is 1.23. The van der Waals surface area contributed by atoms with E-state index in [1.54, 1.807) is 0 Å². The SMILES string of the molecule is C/C=C/CO/N=C(\C)c1ccc(N)c(C)c1. The van der Waals surface area contributed by atoms with Gasteiger partial charge in [-0.25, -0.2) is 0 Å². The molecule has 0 atom stereocenters. The summed E-state index contributed by atoms with van der Waals surface area (Å²) in [6.45, 7) is 6.35. The maximum atomic E-state index is 5.75. The number of rotatable bonds is 4. The number of hydrogen-bond donors (Lipinski definition) is 1. The lowest BCUT2D eigenvalue weighted by Crippen LogP contribution is -1.99. The summed E-state index contributed by atoms with van der Waals surface area (Å²) < 4.78 is 0. The molecule has 0 amide bonds. The summed E-state index contributed by atoms with van der Waals surface area (Å²) in [5.74, 6) is 0. The molecule has 0 unspecified atom stereocenters. The fourth-order valence-corrected chi connectivity index (χ4v) is 1.23. The summed E-state index contributed by atoms with van der Waals surface area (Å²) in [6, 6.07) is 5.84. The highest BCUT2D eigenvalue weighted by Gasteiger charge is 2.00. The molecular formula is C13H18N2O. The van der Waals surface area contributed by atoms with Crippen molar-refractivity contribution in [2.24, 2.45) is 5.16 Å². The second-order valence-electron chi connectivity index (χ2n) is 3.61. The fraction of sp³-hybridized carbons (Fsp3) is 0.308. The first-order chi connectivity index (χ1) is 7.65. The van der Waals surface area contributed by atoms with E-state index in [1.807, 2.05) is 51.1 Å². The third kappa shape index (κ3) is 3.42. The number of allylic oxidation sites excluding steroid dienone is 1. The van der Waals surface area contributed by atoms with Crippen molar-refractivity contribution in [2.75, 3.05) is 12.3 Å². The Morgan fingerprint density at radius 3 is 2.88 bits per heavy atom. The third-order valence-corrected chi connectivity index (χ3v) is 2.30. The van der Waals surface area contributed by atoms with Gasteiger partial charge in [0.2, 0.25) is 0 Å². The van der Waals surface area contributed by atoms with Crippen LogP contribution in [-0.2, 0) is 4.84 Å². The summed E-state index contributed by atoms with van der Waals surface area (Å²) in [4.78, 5) is 5.13. The number of aryl methyl sites for hydroxylation is 1. The molecule has 1 aromatic rings. The highest BCUT2D eigenvalue weighted by molar-refractivity contribution is 5.98. The Bertz CT molecular complexity index is 408. The average molecular weight is 218 g/mol. The normalized spacial score (nSPS) is 12.1. The van der Waals surface area contributed by atoms with Gasteiger partial charge in [0, 0.05) is 5.69 Å². The van der Waals surface area contributed by atoms with Crippen LogP contribution in [-0.4, -0.2) is 12.3 Å². The Balaban J connectivity index is 2.72. The predicted octanol–water partition coefficient (Wildman–Crippen LogP) is 2.89. The monoisotopic (exact) mass is 218 g/mol. The summed E-state index contributed by atoms with van der Waals surface area (Å²) in [7, 11) is 0. The van der Waals surface area contributed by atoms with Crippen LogP contribution in [0.15, 0.2) is 35.5 Å². The van der Waals surface area contributed by atoms with Crippen molar-refractivity contribution in [1.29, 1.82) is 0 Å². The molecule has 3 nitrogen and oxygen atoms in total. The van der Waals surface area contributed by atoms with E-state index >= 15 is 0 Å². The van der Waals surface area contributed by atoms with Crippen LogP contribution in [0, 0.1) is 6.92 Å². The molecule has 0 fully saturated rings. The highest BCUT2D eigenvalue weighted by Crippen LogP contribution is 2.13. The first-order valence-electron chi connectivity index (χ1n) is 5.29. The Labute approximate surface area is 96.6 Å². The van der Waals surface area contributed by atoms with Crippen molar-refractivity contribution in [3.8, 4) is 0 Å². The Hall–Kier alpha value is -1.77. The topological polar surface area (TPSA) is 47.6 Å². The van der Waals surface area contributed by atoms with E-state index in [1.165, 1.54) is 0 Å². The Morgan fingerprint density at radius 2 is 2.25 bits per heavy atom. The van der Waals surface area contributed by atoms with Crippen LogP contribution in [0.4, 0.5) is 5.69 Å². The first kappa shape index (κ1) is 12.3. The second kappa shape index (κ2) is 5.95. The lowest BCUT2D eigenvalue weighted by atomic mass is 10.1. The van der Waals surface area contributed by atoms with Crippen molar-refractivity contribution in [1.82, 2.24) is 0 Å². The molecule has 0 radical (unpaired) electrons. The van der Waals surface area contributed by atoms with E-state index in [9.17, 15) is 0 Å². The molecule has 0 spiro atoms. The molecule has 16 heavy (non-hydrogen) atoms. The second-order valence-corrected chi connectivity index (χ2v) is 3.61. The molecule has 0 heterocycles. The van der Waals surface area contributed by atoms with Crippen molar-refractivity contribution in [2.45, 2.75) is 20.8 Å². The number of nitrogen functional groups attached to an aromatic ring is 1. The van der Waals surface area contributed by atoms with Gasteiger partial charge in [0.25, 0.3) is 0 Å². The van der Waals surface area contributed by atoms with Gasteiger partial charge in [-0.3, -0.25) is 0 Å². The Kier molecular flexibility index (Phi) is 4.58. The smallest absolute Gasteiger partial charge is 0.135 e. The van der Waals surface area contributed by atoms with Gasteiger partial charge in [0.15, 0.2) is 0 Å². The van der Waals surface area contributed by atoms with Gasteiger partial charge < -0.3 is 10.6 Å². The van der Waals surface area contributed by atoms with E-state index in [0.717, 1.165) is 22.5 Å². The summed E-state index contributed by atoms with van der Waals surface area (Å²) in [6.07, 6.45) is 3.84. The van der Waals surface area contributed by atoms with E-state index in [4.69, 9.17) is 10.6 Å². The molecule has 3 heteroatoms. The summed E-state index contributed by atoms with van der Waals surface area (Å²) in [5, 5.41) is 4.03. The molecule has 1 rings (SSSR count). The maximum absolute atomic E-state index is 5.75. The molecule has 0 saturated heterocycles. The number of oxime groups is 1. The van der Waals surface area contributed by atoms with Crippen LogP contribution in [0.5, 0.6) is 0 Å². The number of nitrogens with zero attached hydrogens (tertiary/aromatic N) is 1. The minimum absolute atomic E-state index is 0.502. The van der Waals surface area contributed by atoms with Gasteiger partial charge in [0.05, 0.1) is 5.71 Å². The van der Waals surface area contributed by atoms with Crippen molar-refractivity contribution in [3.05, 3.63) is 41.5 Å². The third-order valence-electron chi connectivity index (χ3n) is 2.30. The predicted molar refractivity (Wildman–Crippen MR) is 68.6 cm³/mol. The quantitative estimate of drug-likeness (QED) is 0.278. The van der Waals surface area contributed by atoms with E-state index < -0.39 is 0 Å². The van der Waals surface area contributed by atoms with Gasteiger partial charge in [-0.1, -0.05) is 17.3 Å². The lowest BCUT2D eigenvalue weighted by molar-refractivity contribution is 0.174. The number of benzene rings is 1. The zero-order chi connectivity index (χ0) is 12.0. The number of anilines is 1.